The SMILES string of the molecule is COc1cc(/C=C2\C(=O)NC(=O)N(c3ccc(C)c(C)c3)C2=O)cc(Cl)c1OCc1ccc(Cl)c(Cl)c1. The van der Waals surface area contributed by atoms with Crippen LogP contribution in [0.3, 0.4) is 0 Å². The number of urea groups is 1. The number of amides is 4. The molecular formula is C27H21Cl3N2O5. The molecule has 4 amide bonds. The quantitative estimate of drug-likeness (QED) is 0.275. The number of rotatable bonds is 6. The third-order valence-corrected chi connectivity index (χ3v) is 6.80. The molecule has 10 heteroatoms. The van der Waals surface area contributed by atoms with E-state index in [1.165, 1.54) is 19.3 Å². The van der Waals surface area contributed by atoms with E-state index in [2.05, 4.69) is 5.32 Å². The van der Waals surface area contributed by atoms with E-state index in [4.69, 9.17) is 44.3 Å². The fourth-order valence-electron chi connectivity index (χ4n) is 3.67. The summed E-state index contributed by atoms with van der Waals surface area (Å²) in [6, 6.07) is 12.5. The molecule has 7 nitrogen and oxygen atoms in total. The van der Waals surface area contributed by atoms with Gasteiger partial charge in [-0.05, 0) is 78.6 Å². The largest absolute Gasteiger partial charge is 0.493 e. The Labute approximate surface area is 228 Å². The second-order valence-corrected chi connectivity index (χ2v) is 9.52. The zero-order chi connectivity index (χ0) is 26.9. The highest BCUT2D eigenvalue weighted by Gasteiger charge is 2.37. The number of hydrogen-bond acceptors (Lipinski definition) is 5. The van der Waals surface area contributed by atoms with E-state index in [0.717, 1.165) is 21.6 Å². The molecule has 3 aromatic carbocycles. The standard InChI is InChI=1S/C27H21Cl3N2O5/c1-14-4-6-18(8-15(14)2)32-26(34)19(25(33)31-27(32)35)9-17-11-22(30)24(23(12-17)36-3)37-13-16-5-7-20(28)21(29)10-16/h4-12H,13H2,1-3H3,(H,31,33,35)/b19-9+. The Hall–Kier alpha value is -3.52. The zero-order valence-electron chi connectivity index (χ0n) is 20.0. The van der Waals surface area contributed by atoms with E-state index in [0.29, 0.717) is 21.3 Å². The summed E-state index contributed by atoms with van der Waals surface area (Å²) in [6.07, 6.45) is 1.34. The number of nitrogens with zero attached hydrogens (tertiary/aromatic N) is 1. The van der Waals surface area contributed by atoms with Crippen molar-refractivity contribution in [1.82, 2.24) is 5.32 Å². The molecule has 190 valence electrons. The number of imide groups is 2. The molecule has 0 aliphatic carbocycles. The summed E-state index contributed by atoms with van der Waals surface area (Å²) in [5, 5.41) is 3.23. The molecule has 3 aromatic rings. The van der Waals surface area contributed by atoms with E-state index >= 15 is 0 Å². The average Bonchev–Trinajstić information content (AvgIpc) is 2.85. The van der Waals surface area contributed by atoms with Crippen LogP contribution in [0, 0.1) is 13.8 Å². The molecule has 1 N–H and O–H groups in total. The van der Waals surface area contributed by atoms with Gasteiger partial charge in [-0.3, -0.25) is 14.9 Å². The lowest BCUT2D eigenvalue weighted by molar-refractivity contribution is -0.122. The van der Waals surface area contributed by atoms with Gasteiger partial charge in [0.2, 0.25) is 0 Å². The van der Waals surface area contributed by atoms with Crippen LogP contribution in [0.5, 0.6) is 11.5 Å². The van der Waals surface area contributed by atoms with E-state index in [1.54, 1.807) is 42.5 Å². The number of carbonyl (C=O) groups is 3. The van der Waals surface area contributed by atoms with E-state index in [-0.39, 0.29) is 28.7 Å². The number of carbonyl (C=O) groups excluding carboxylic acids is 3. The summed E-state index contributed by atoms with van der Waals surface area (Å²) in [5.74, 6) is -1.02. The molecule has 0 atom stereocenters. The van der Waals surface area contributed by atoms with Crippen molar-refractivity contribution in [3.8, 4) is 11.5 Å². The number of barbiturate groups is 1. The van der Waals surface area contributed by atoms with Gasteiger partial charge in [0.25, 0.3) is 11.8 Å². The number of aryl methyl sites for hydroxylation is 2. The van der Waals surface area contributed by atoms with Crippen LogP contribution in [0.4, 0.5) is 10.5 Å². The number of methoxy groups -OCH3 is 1. The van der Waals surface area contributed by atoms with Crippen LogP contribution in [0.25, 0.3) is 6.08 Å². The molecule has 0 aromatic heterocycles. The monoisotopic (exact) mass is 558 g/mol. The molecule has 0 spiro atoms. The van der Waals surface area contributed by atoms with Crippen LogP contribution in [0.1, 0.15) is 22.3 Å². The molecule has 0 saturated carbocycles. The van der Waals surface area contributed by atoms with Gasteiger partial charge in [-0.25, -0.2) is 9.69 Å². The number of anilines is 1. The predicted octanol–water partition coefficient (Wildman–Crippen LogP) is 6.52. The Kier molecular flexibility index (Phi) is 7.78. The second-order valence-electron chi connectivity index (χ2n) is 8.30. The van der Waals surface area contributed by atoms with Crippen LogP contribution in [-0.2, 0) is 16.2 Å². The van der Waals surface area contributed by atoms with Gasteiger partial charge >= 0.3 is 6.03 Å². The summed E-state index contributed by atoms with van der Waals surface area (Å²) in [7, 11) is 1.44. The fraction of sp³-hybridized carbons (Fsp3) is 0.148. The molecule has 1 fully saturated rings. The van der Waals surface area contributed by atoms with Gasteiger partial charge in [-0.15, -0.1) is 0 Å². The molecule has 0 radical (unpaired) electrons. The van der Waals surface area contributed by atoms with Gasteiger partial charge in [0, 0.05) is 0 Å². The maximum atomic E-state index is 13.2. The van der Waals surface area contributed by atoms with Crippen molar-refractivity contribution < 1.29 is 23.9 Å². The number of hydrogen-bond donors (Lipinski definition) is 1. The van der Waals surface area contributed by atoms with Crippen molar-refractivity contribution in [2.24, 2.45) is 0 Å². The normalized spacial score (nSPS) is 14.7. The first-order valence-electron chi connectivity index (χ1n) is 11.0. The maximum Gasteiger partial charge on any atom is 0.335 e. The first-order valence-corrected chi connectivity index (χ1v) is 12.2. The lowest BCUT2D eigenvalue weighted by Gasteiger charge is -2.27. The van der Waals surface area contributed by atoms with Crippen LogP contribution < -0.4 is 19.7 Å². The first-order chi connectivity index (χ1) is 17.6. The van der Waals surface area contributed by atoms with Crippen LogP contribution in [0.15, 0.2) is 54.1 Å². The van der Waals surface area contributed by atoms with Crippen molar-refractivity contribution in [2.75, 3.05) is 12.0 Å². The van der Waals surface area contributed by atoms with Crippen molar-refractivity contribution in [3.63, 3.8) is 0 Å². The molecule has 1 aliphatic heterocycles. The smallest absolute Gasteiger partial charge is 0.335 e. The maximum absolute atomic E-state index is 13.2. The molecular weight excluding hydrogens is 539 g/mol. The predicted molar refractivity (Wildman–Crippen MR) is 144 cm³/mol. The number of ether oxygens (including phenoxy) is 2. The molecule has 1 aliphatic rings. The van der Waals surface area contributed by atoms with Crippen molar-refractivity contribution in [1.29, 1.82) is 0 Å². The van der Waals surface area contributed by atoms with Crippen molar-refractivity contribution >= 4 is 64.4 Å². The fourth-order valence-corrected chi connectivity index (χ4v) is 4.27. The van der Waals surface area contributed by atoms with Crippen LogP contribution in [-0.4, -0.2) is 25.0 Å². The van der Waals surface area contributed by atoms with E-state index < -0.39 is 17.8 Å². The molecule has 37 heavy (non-hydrogen) atoms. The minimum absolute atomic E-state index is 0.140. The zero-order valence-corrected chi connectivity index (χ0v) is 22.3. The number of nitrogens with one attached hydrogen (secondary N) is 1. The third kappa shape index (κ3) is 5.59. The minimum atomic E-state index is -0.822. The van der Waals surface area contributed by atoms with Gasteiger partial charge in [0.1, 0.15) is 12.2 Å². The van der Waals surface area contributed by atoms with Gasteiger partial charge in [0.15, 0.2) is 11.5 Å². The van der Waals surface area contributed by atoms with Gasteiger partial charge in [-0.2, -0.15) is 0 Å². The summed E-state index contributed by atoms with van der Waals surface area (Å²) in [6.45, 7) is 3.93. The van der Waals surface area contributed by atoms with E-state index in [1.807, 2.05) is 13.8 Å². The second kappa shape index (κ2) is 10.8. The van der Waals surface area contributed by atoms with Crippen LogP contribution in [0.2, 0.25) is 15.1 Å². The molecule has 1 saturated heterocycles. The Bertz CT molecular complexity index is 1470. The number of benzene rings is 3. The summed E-state index contributed by atoms with van der Waals surface area (Å²) < 4.78 is 11.3. The lowest BCUT2D eigenvalue weighted by Crippen LogP contribution is -2.54. The Morgan fingerprint density at radius 2 is 1.65 bits per heavy atom. The molecule has 0 unspecified atom stereocenters. The lowest BCUT2D eigenvalue weighted by atomic mass is 10.0. The Morgan fingerprint density at radius 3 is 2.32 bits per heavy atom. The van der Waals surface area contributed by atoms with Crippen molar-refractivity contribution in [3.05, 3.63) is 91.4 Å². The summed E-state index contributed by atoms with van der Waals surface area (Å²) >= 11 is 18.5. The first kappa shape index (κ1) is 26.5. The topological polar surface area (TPSA) is 84.9 Å². The van der Waals surface area contributed by atoms with Crippen molar-refractivity contribution in [2.45, 2.75) is 20.5 Å². The molecule has 4 rings (SSSR count). The highest BCUT2D eigenvalue weighted by molar-refractivity contribution is 6.42. The Balaban J connectivity index is 1.64. The van der Waals surface area contributed by atoms with Gasteiger partial charge in [-0.1, -0.05) is 46.9 Å². The summed E-state index contributed by atoms with van der Waals surface area (Å²) in [5.41, 5.74) is 3.18. The van der Waals surface area contributed by atoms with Gasteiger partial charge in [0.05, 0.1) is 27.9 Å². The average molecular weight is 560 g/mol. The van der Waals surface area contributed by atoms with E-state index in [9.17, 15) is 14.4 Å². The molecule has 0 bridgehead atoms. The Morgan fingerprint density at radius 1 is 0.892 bits per heavy atom. The summed E-state index contributed by atoms with van der Waals surface area (Å²) in [4.78, 5) is 39.2. The highest BCUT2D eigenvalue weighted by Crippen LogP contribution is 2.38. The minimum Gasteiger partial charge on any atom is -0.493 e. The van der Waals surface area contributed by atoms with Crippen LogP contribution >= 0.6 is 34.8 Å². The third-order valence-electron chi connectivity index (χ3n) is 5.78. The van der Waals surface area contributed by atoms with Gasteiger partial charge < -0.3 is 9.47 Å². The highest BCUT2D eigenvalue weighted by atomic mass is 35.5. The number of halogens is 3. The molecule has 1 heterocycles.